The summed E-state index contributed by atoms with van der Waals surface area (Å²) in [6.45, 7) is 6.23. The van der Waals surface area contributed by atoms with Gasteiger partial charge in [0.25, 0.3) is 0 Å². The van der Waals surface area contributed by atoms with Gasteiger partial charge in [-0.05, 0) is 24.3 Å². The molecular formula is C18H24N2O4. The van der Waals surface area contributed by atoms with E-state index in [1.54, 1.807) is 50.2 Å². The molecule has 0 amide bonds. The number of hydrogen-bond donors (Lipinski definition) is 0. The number of carbonyl (C=O) groups excluding carboxylic acids is 1. The van der Waals surface area contributed by atoms with Crippen LogP contribution >= 0.6 is 0 Å². The van der Waals surface area contributed by atoms with E-state index in [-0.39, 0.29) is 12.0 Å². The van der Waals surface area contributed by atoms with Crippen LogP contribution in [0.25, 0.3) is 0 Å². The van der Waals surface area contributed by atoms with E-state index in [9.17, 15) is 4.79 Å². The van der Waals surface area contributed by atoms with E-state index >= 15 is 0 Å². The van der Waals surface area contributed by atoms with Gasteiger partial charge in [-0.2, -0.15) is 5.10 Å². The Kier molecular flexibility index (Phi) is 5.17. The molecule has 0 spiro atoms. The number of carbonyl (C=O) groups is 1. The fourth-order valence-electron chi connectivity index (χ4n) is 2.24. The summed E-state index contributed by atoms with van der Waals surface area (Å²) in [5.41, 5.74) is 1.87. The molecule has 0 aliphatic rings. The molecule has 0 N–H and O–H groups in total. The van der Waals surface area contributed by atoms with Crippen molar-refractivity contribution >= 4 is 5.97 Å². The van der Waals surface area contributed by atoms with Gasteiger partial charge < -0.3 is 14.2 Å². The number of ether oxygens (including phenoxy) is 3. The molecule has 6 nitrogen and oxygen atoms in total. The third kappa shape index (κ3) is 3.88. The number of hydrogen-bond acceptors (Lipinski definition) is 5. The van der Waals surface area contributed by atoms with Gasteiger partial charge in [0.2, 0.25) is 0 Å². The normalized spacial score (nSPS) is 11.2. The SMILES string of the molecule is COc1ccc(OC)c(COC(=O)c2cc(C(C)(C)C)nn2C)c1. The number of esters is 1. The topological polar surface area (TPSA) is 62.6 Å². The van der Waals surface area contributed by atoms with Crippen LogP contribution in [0.1, 0.15) is 42.5 Å². The van der Waals surface area contributed by atoms with Crippen LogP contribution in [-0.2, 0) is 23.8 Å². The van der Waals surface area contributed by atoms with Crippen LogP contribution in [0.3, 0.4) is 0 Å². The van der Waals surface area contributed by atoms with E-state index in [1.165, 1.54) is 0 Å². The molecule has 1 aromatic heterocycles. The Morgan fingerprint density at radius 2 is 1.88 bits per heavy atom. The Morgan fingerprint density at radius 3 is 2.42 bits per heavy atom. The molecule has 1 heterocycles. The number of benzene rings is 1. The van der Waals surface area contributed by atoms with Crippen molar-refractivity contribution in [2.24, 2.45) is 7.05 Å². The predicted molar refractivity (Wildman–Crippen MR) is 90.6 cm³/mol. The monoisotopic (exact) mass is 332 g/mol. The molecule has 0 saturated heterocycles. The molecule has 0 fully saturated rings. The van der Waals surface area contributed by atoms with E-state index in [2.05, 4.69) is 5.10 Å². The zero-order valence-corrected chi connectivity index (χ0v) is 15.0. The number of nitrogens with zero attached hydrogens (tertiary/aromatic N) is 2. The molecule has 0 aliphatic heterocycles. The number of aryl methyl sites for hydroxylation is 1. The van der Waals surface area contributed by atoms with Gasteiger partial charge in [-0.3, -0.25) is 4.68 Å². The summed E-state index contributed by atoms with van der Waals surface area (Å²) in [7, 11) is 4.89. The zero-order chi connectivity index (χ0) is 17.9. The average molecular weight is 332 g/mol. The first kappa shape index (κ1) is 17.8. The quantitative estimate of drug-likeness (QED) is 0.787. The number of rotatable bonds is 5. The van der Waals surface area contributed by atoms with Crippen LogP contribution in [0.5, 0.6) is 11.5 Å². The molecule has 6 heteroatoms. The van der Waals surface area contributed by atoms with Crippen LogP contribution in [0.4, 0.5) is 0 Å². The van der Waals surface area contributed by atoms with Gasteiger partial charge in [-0.1, -0.05) is 20.8 Å². The average Bonchev–Trinajstić information content (AvgIpc) is 2.94. The third-order valence-corrected chi connectivity index (χ3v) is 3.70. The first-order valence-corrected chi connectivity index (χ1v) is 7.69. The van der Waals surface area contributed by atoms with Crippen LogP contribution < -0.4 is 9.47 Å². The summed E-state index contributed by atoms with van der Waals surface area (Å²) in [5, 5.41) is 4.39. The van der Waals surface area contributed by atoms with Crippen molar-refractivity contribution < 1.29 is 19.0 Å². The fourth-order valence-corrected chi connectivity index (χ4v) is 2.24. The summed E-state index contributed by atoms with van der Waals surface area (Å²) in [6.07, 6.45) is 0. The molecule has 0 unspecified atom stereocenters. The minimum atomic E-state index is -0.426. The van der Waals surface area contributed by atoms with Gasteiger partial charge in [0.15, 0.2) is 0 Å². The Labute approximate surface area is 142 Å². The summed E-state index contributed by atoms with van der Waals surface area (Å²) in [6, 6.07) is 7.13. The smallest absolute Gasteiger partial charge is 0.356 e. The predicted octanol–water partition coefficient (Wildman–Crippen LogP) is 3.09. The van der Waals surface area contributed by atoms with Crippen molar-refractivity contribution in [3.63, 3.8) is 0 Å². The molecule has 0 aliphatic carbocycles. The van der Waals surface area contributed by atoms with Gasteiger partial charge in [0, 0.05) is 18.0 Å². The van der Waals surface area contributed by atoms with Gasteiger partial charge >= 0.3 is 5.97 Å². The standard InChI is InChI=1S/C18H24N2O4/c1-18(2,3)16-10-14(20(4)19-16)17(21)24-11-12-9-13(22-5)7-8-15(12)23-6/h7-10H,11H2,1-6H3. The lowest BCUT2D eigenvalue weighted by molar-refractivity contribution is 0.0457. The van der Waals surface area contributed by atoms with E-state index in [4.69, 9.17) is 14.2 Å². The molecule has 130 valence electrons. The summed E-state index contributed by atoms with van der Waals surface area (Å²) >= 11 is 0. The van der Waals surface area contributed by atoms with E-state index in [0.29, 0.717) is 17.2 Å². The van der Waals surface area contributed by atoms with Gasteiger partial charge in [-0.25, -0.2) is 4.79 Å². The van der Waals surface area contributed by atoms with E-state index < -0.39 is 5.97 Å². The van der Waals surface area contributed by atoms with Crippen molar-refractivity contribution in [2.75, 3.05) is 14.2 Å². The lowest BCUT2D eigenvalue weighted by Gasteiger charge is -2.13. The molecule has 1 aromatic carbocycles. The van der Waals surface area contributed by atoms with Crippen molar-refractivity contribution in [3.05, 3.63) is 41.2 Å². The molecule has 2 rings (SSSR count). The summed E-state index contributed by atoms with van der Waals surface area (Å²) in [4.78, 5) is 12.4. The highest BCUT2D eigenvalue weighted by Crippen LogP contribution is 2.25. The highest BCUT2D eigenvalue weighted by Gasteiger charge is 2.22. The second-order valence-electron chi connectivity index (χ2n) is 6.54. The number of aromatic nitrogens is 2. The van der Waals surface area contributed by atoms with Crippen molar-refractivity contribution in [1.29, 1.82) is 0 Å². The van der Waals surface area contributed by atoms with Crippen molar-refractivity contribution in [2.45, 2.75) is 32.8 Å². The minimum Gasteiger partial charge on any atom is -0.497 e. The zero-order valence-electron chi connectivity index (χ0n) is 15.0. The first-order chi connectivity index (χ1) is 11.3. The Balaban J connectivity index is 2.15. The molecule has 0 atom stereocenters. The molecular weight excluding hydrogens is 308 g/mol. The maximum atomic E-state index is 12.4. The Hall–Kier alpha value is -2.50. The van der Waals surface area contributed by atoms with E-state index in [0.717, 1.165) is 11.3 Å². The lowest BCUT2D eigenvalue weighted by Crippen LogP contribution is -2.12. The highest BCUT2D eigenvalue weighted by molar-refractivity contribution is 5.87. The van der Waals surface area contributed by atoms with Crippen LogP contribution in [-0.4, -0.2) is 30.0 Å². The Morgan fingerprint density at radius 1 is 1.17 bits per heavy atom. The molecule has 2 aromatic rings. The van der Waals surface area contributed by atoms with Gasteiger partial charge in [0.05, 0.1) is 19.9 Å². The maximum Gasteiger partial charge on any atom is 0.356 e. The lowest BCUT2D eigenvalue weighted by atomic mass is 9.92. The Bertz CT molecular complexity index is 729. The summed E-state index contributed by atoms with van der Waals surface area (Å²) in [5.74, 6) is 0.895. The third-order valence-electron chi connectivity index (χ3n) is 3.70. The van der Waals surface area contributed by atoms with Crippen molar-refractivity contribution in [1.82, 2.24) is 9.78 Å². The highest BCUT2D eigenvalue weighted by atomic mass is 16.5. The second-order valence-corrected chi connectivity index (χ2v) is 6.54. The van der Waals surface area contributed by atoms with Crippen molar-refractivity contribution in [3.8, 4) is 11.5 Å². The molecule has 0 bridgehead atoms. The first-order valence-electron chi connectivity index (χ1n) is 7.69. The molecule has 0 saturated carbocycles. The van der Waals surface area contributed by atoms with Crippen LogP contribution in [0, 0.1) is 0 Å². The largest absolute Gasteiger partial charge is 0.497 e. The summed E-state index contributed by atoms with van der Waals surface area (Å²) < 4.78 is 17.5. The fraction of sp³-hybridized carbons (Fsp3) is 0.444. The molecule has 24 heavy (non-hydrogen) atoms. The minimum absolute atomic E-state index is 0.0925. The van der Waals surface area contributed by atoms with Crippen LogP contribution in [0.2, 0.25) is 0 Å². The second kappa shape index (κ2) is 6.95. The van der Waals surface area contributed by atoms with Gasteiger partial charge in [-0.15, -0.1) is 0 Å². The maximum absolute atomic E-state index is 12.4. The number of methoxy groups -OCH3 is 2. The molecule has 0 radical (unpaired) electrons. The van der Waals surface area contributed by atoms with E-state index in [1.807, 2.05) is 20.8 Å². The van der Waals surface area contributed by atoms with Crippen LogP contribution in [0.15, 0.2) is 24.3 Å². The van der Waals surface area contributed by atoms with Gasteiger partial charge in [0.1, 0.15) is 23.8 Å².